The van der Waals surface area contributed by atoms with Crippen LogP contribution in [0.1, 0.15) is 16.2 Å². The fourth-order valence-electron chi connectivity index (χ4n) is 1.73. The second-order valence-electron chi connectivity index (χ2n) is 4.21. The molecule has 0 radical (unpaired) electrons. The molecule has 2 aromatic rings. The van der Waals surface area contributed by atoms with Crippen molar-refractivity contribution in [1.82, 2.24) is 20.1 Å². The van der Waals surface area contributed by atoms with Gasteiger partial charge in [0.15, 0.2) is 0 Å². The molecule has 0 aliphatic heterocycles. The standard InChI is InChI=1S/C13H15BrN4O2/c1-18-8-16-17-12(18)5-6-15-13(19)9-3-4-11(20-2)10(14)7-9/h3-4,7-8H,5-6H2,1-2H3,(H,15,19). The highest BCUT2D eigenvalue weighted by Gasteiger charge is 2.09. The van der Waals surface area contributed by atoms with Crippen LogP contribution in [0, 0.1) is 0 Å². The van der Waals surface area contributed by atoms with Gasteiger partial charge < -0.3 is 14.6 Å². The van der Waals surface area contributed by atoms with E-state index < -0.39 is 0 Å². The molecular formula is C13H15BrN4O2. The quantitative estimate of drug-likeness (QED) is 0.898. The van der Waals surface area contributed by atoms with Crippen LogP contribution >= 0.6 is 15.9 Å². The number of benzene rings is 1. The Kier molecular flexibility index (Phi) is 4.73. The maximum Gasteiger partial charge on any atom is 0.251 e. The molecular weight excluding hydrogens is 324 g/mol. The summed E-state index contributed by atoms with van der Waals surface area (Å²) in [5, 5.41) is 10.6. The average Bonchev–Trinajstić information content (AvgIpc) is 2.84. The lowest BCUT2D eigenvalue weighted by Gasteiger charge is -2.07. The number of hydrogen-bond acceptors (Lipinski definition) is 4. The number of rotatable bonds is 5. The topological polar surface area (TPSA) is 69.0 Å². The first kappa shape index (κ1) is 14.5. The molecule has 0 atom stereocenters. The third-order valence-corrected chi connectivity index (χ3v) is 3.47. The number of nitrogens with zero attached hydrogens (tertiary/aromatic N) is 3. The van der Waals surface area contributed by atoms with Crippen LogP contribution in [0.25, 0.3) is 0 Å². The summed E-state index contributed by atoms with van der Waals surface area (Å²) in [6.45, 7) is 0.509. The minimum atomic E-state index is -0.129. The van der Waals surface area contributed by atoms with Gasteiger partial charge in [-0.15, -0.1) is 10.2 Å². The lowest BCUT2D eigenvalue weighted by atomic mass is 10.2. The summed E-state index contributed by atoms with van der Waals surface area (Å²) in [5.41, 5.74) is 0.579. The van der Waals surface area contributed by atoms with Gasteiger partial charge in [0.25, 0.3) is 5.91 Å². The van der Waals surface area contributed by atoms with Gasteiger partial charge in [-0.2, -0.15) is 0 Å². The summed E-state index contributed by atoms with van der Waals surface area (Å²) in [6.07, 6.45) is 2.28. The van der Waals surface area contributed by atoms with E-state index >= 15 is 0 Å². The Morgan fingerprint density at radius 2 is 2.30 bits per heavy atom. The molecule has 1 aromatic heterocycles. The van der Waals surface area contributed by atoms with Crippen molar-refractivity contribution >= 4 is 21.8 Å². The fourth-order valence-corrected chi connectivity index (χ4v) is 2.27. The fraction of sp³-hybridized carbons (Fsp3) is 0.308. The van der Waals surface area contributed by atoms with Gasteiger partial charge >= 0.3 is 0 Å². The maximum absolute atomic E-state index is 12.0. The van der Waals surface area contributed by atoms with Crippen LogP contribution < -0.4 is 10.1 Å². The molecule has 0 aliphatic rings. The Morgan fingerprint density at radius 1 is 1.50 bits per heavy atom. The Morgan fingerprint density at radius 3 is 2.90 bits per heavy atom. The number of aromatic nitrogens is 3. The number of hydrogen-bond donors (Lipinski definition) is 1. The average molecular weight is 339 g/mol. The van der Waals surface area contributed by atoms with Gasteiger partial charge in [0.2, 0.25) is 0 Å². The third-order valence-electron chi connectivity index (χ3n) is 2.85. The molecule has 0 saturated heterocycles. The van der Waals surface area contributed by atoms with Gasteiger partial charge in [-0.25, -0.2) is 0 Å². The van der Waals surface area contributed by atoms with Gasteiger partial charge in [0, 0.05) is 25.6 Å². The molecule has 0 saturated carbocycles. The molecule has 7 heteroatoms. The van der Waals surface area contributed by atoms with Crippen molar-refractivity contribution in [2.24, 2.45) is 7.05 Å². The van der Waals surface area contributed by atoms with Crippen molar-refractivity contribution in [3.05, 3.63) is 40.4 Å². The van der Waals surface area contributed by atoms with E-state index in [0.717, 1.165) is 10.3 Å². The van der Waals surface area contributed by atoms with E-state index in [-0.39, 0.29) is 5.91 Å². The van der Waals surface area contributed by atoms with Gasteiger partial charge in [0.05, 0.1) is 11.6 Å². The van der Waals surface area contributed by atoms with E-state index in [1.54, 1.807) is 31.6 Å². The zero-order chi connectivity index (χ0) is 14.5. The Labute approximate surface area is 125 Å². The summed E-state index contributed by atoms with van der Waals surface area (Å²) >= 11 is 3.36. The first-order valence-corrected chi connectivity index (χ1v) is 6.85. The van der Waals surface area contributed by atoms with Gasteiger partial charge in [-0.3, -0.25) is 4.79 Å². The van der Waals surface area contributed by atoms with Crippen LogP contribution in [0.5, 0.6) is 5.75 Å². The first-order chi connectivity index (χ1) is 9.61. The Hall–Kier alpha value is -1.89. The molecule has 0 aliphatic carbocycles. The van der Waals surface area contributed by atoms with Crippen molar-refractivity contribution in [2.45, 2.75) is 6.42 Å². The molecule has 1 aromatic carbocycles. The summed E-state index contributed by atoms with van der Waals surface area (Å²) < 4.78 is 7.71. The van der Waals surface area contributed by atoms with E-state index in [2.05, 4.69) is 31.4 Å². The third kappa shape index (κ3) is 3.36. The molecule has 2 rings (SSSR count). The van der Waals surface area contributed by atoms with Crippen LogP contribution in [-0.2, 0) is 13.5 Å². The van der Waals surface area contributed by atoms with Crippen molar-refractivity contribution in [1.29, 1.82) is 0 Å². The number of methoxy groups -OCH3 is 1. The van der Waals surface area contributed by atoms with Gasteiger partial charge in [-0.1, -0.05) is 0 Å². The highest BCUT2D eigenvalue weighted by Crippen LogP contribution is 2.25. The number of carbonyl (C=O) groups excluding carboxylic acids is 1. The molecule has 106 valence electrons. The van der Waals surface area contributed by atoms with Crippen molar-refractivity contribution in [2.75, 3.05) is 13.7 Å². The largest absolute Gasteiger partial charge is 0.496 e. The highest BCUT2D eigenvalue weighted by molar-refractivity contribution is 9.10. The van der Waals surface area contributed by atoms with Gasteiger partial charge in [0.1, 0.15) is 17.9 Å². The molecule has 0 bridgehead atoms. The molecule has 0 spiro atoms. The van der Waals surface area contributed by atoms with E-state index in [1.165, 1.54) is 0 Å². The lowest BCUT2D eigenvalue weighted by molar-refractivity contribution is 0.0954. The molecule has 0 unspecified atom stereocenters. The first-order valence-electron chi connectivity index (χ1n) is 6.06. The number of halogens is 1. The zero-order valence-corrected chi connectivity index (χ0v) is 12.8. The zero-order valence-electron chi connectivity index (χ0n) is 11.3. The normalized spacial score (nSPS) is 10.3. The minimum absolute atomic E-state index is 0.129. The maximum atomic E-state index is 12.0. The number of ether oxygens (including phenoxy) is 1. The number of nitrogens with one attached hydrogen (secondary N) is 1. The Bertz CT molecular complexity index is 612. The van der Waals surface area contributed by atoms with Crippen LogP contribution in [-0.4, -0.2) is 34.3 Å². The predicted octanol–water partition coefficient (Wildman–Crippen LogP) is 1.56. The van der Waals surface area contributed by atoms with Crippen LogP contribution in [0.15, 0.2) is 29.0 Å². The molecule has 1 N–H and O–H groups in total. The monoisotopic (exact) mass is 338 g/mol. The summed E-state index contributed by atoms with van der Waals surface area (Å²) in [4.78, 5) is 12.0. The second-order valence-corrected chi connectivity index (χ2v) is 5.07. The Balaban J connectivity index is 1.92. The molecule has 20 heavy (non-hydrogen) atoms. The van der Waals surface area contributed by atoms with Crippen molar-refractivity contribution in [3.63, 3.8) is 0 Å². The summed E-state index contributed by atoms with van der Waals surface area (Å²) in [6, 6.07) is 5.21. The van der Waals surface area contributed by atoms with Gasteiger partial charge in [-0.05, 0) is 34.1 Å². The van der Waals surface area contributed by atoms with Crippen molar-refractivity contribution < 1.29 is 9.53 Å². The van der Waals surface area contributed by atoms with E-state index in [0.29, 0.717) is 24.3 Å². The van der Waals surface area contributed by atoms with E-state index in [4.69, 9.17) is 4.74 Å². The summed E-state index contributed by atoms with van der Waals surface area (Å²) in [7, 11) is 3.46. The number of carbonyl (C=O) groups is 1. The predicted molar refractivity (Wildman–Crippen MR) is 77.7 cm³/mol. The molecule has 0 fully saturated rings. The van der Waals surface area contributed by atoms with Crippen LogP contribution in [0.2, 0.25) is 0 Å². The molecule has 6 nitrogen and oxygen atoms in total. The minimum Gasteiger partial charge on any atom is -0.496 e. The molecule has 1 amide bonds. The van der Waals surface area contributed by atoms with Crippen LogP contribution in [0.3, 0.4) is 0 Å². The van der Waals surface area contributed by atoms with Crippen LogP contribution in [0.4, 0.5) is 0 Å². The highest BCUT2D eigenvalue weighted by atomic mass is 79.9. The smallest absolute Gasteiger partial charge is 0.251 e. The summed E-state index contributed by atoms with van der Waals surface area (Å²) in [5.74, 6) is 1.40. The van der Waals surface area contributed by atoms with E-state index in [9.17, 15) is 4.79 Å². The van der Waals surface area contributed by atoms with E-state index in [1.807, 2.05) is 11.6 Å². The van der Waals surface area contributed by atoms with Crippen molar-refractivity contribution in [3.8, 4) is 5.75 Å². The molecule has 1 heterocycles. The number of amides is 1. The number of aryl methyl sites for hydroxylation is 1. The lowest BCUT2D eigenvalue weighted by Crippen LogP contribution is -2.26. The second kappa shape index (κ2) is 6.51. The SMILES string of the molecule is COc1ccc(C(=O)NCCc2nncn2C)cc1Br.